The van der Waals surface area contributed by atoms with Gasteiger partial charge in [-0.05, 0) is 12.0 Å². The van der Waals surface area contributed by atoms with Crippen molar-refractivity contribution in [2.45, 2.75) is 32.4 Å². The highest BCUT2D eigenvalue weighted by Crippen LogP contribution is 2.24. The van der Waals surface area contributed by atoms with Gasteiger partial charge in [0.05, 0.1) is 24.6 Å². The van der Waals surface area contributed by atoms with Gasteiger partial charge in [0.2, 0.25) is 5.91 Å². The fourth-order valence-electron chi connectivity index (χ4n) is 2.37. The standard InChI is InChI=1S/C16H20N4O4/c1-3-13(12-7-5-4-6-8-12)17-15(21)9-10-19-11-14(20(22)23)16(18-19)24-2/h4-8,11,13H,3,9-10H2,1-2H3,(H,17,21). The number of hydrogen-bond donors (Lipinski definition) is 1. The molecule has 1 N–H and O–H groups in total. The van der Waals surface area contributed by atoms with Crippen molar-refractivity contribution in [3.63, 3.8) is 0 Å². The number of carbonyl (C=O) groups is 1. The van der Waals surface area contributed by atoms with Crippen LogP contribution in [0.5, 0.6) is 5.88 Å². The van der Waals surface area contributed by atoms with Crippen molar-refractivity contribution in [2.75, 3.05) is 7.11 Å². The third-order valence-electron chi connectivity index (χ3n) is 3.61. The Morgan fingerprint density at radius 1 is 1.42 bits per heavy atom. The summed E-state index contributed by atoms with van der Waals surface area (Å²) in [5.74, 6) is -0.195. The maximum Gasteiger partial charge on any atom is 0.350 e. The van der Waals surface area contributed by atoms with E-state index in [1.807, 2.05) is 37.3 Å². The fourth-order valence-corrected chi connectivity index (χ4v) is 2.37. The Balaban J connectivity index is 1.94. The minimum Gasteiger partial charge on any atom is -0.475 e. The van der Waals surface area contributed by atoms with E-state index in [2.05, 4.69) is 10.4 Å². The third-order valence-corrected chi connectivity index (χ3v) is 3.61. The zero-order chi connectivity index (χ0) is 17.5. The van der Waals surface area contributed by atoms with Crippen LogP contribution in [0, 0.1) is 10.1 Å². The average Bonchev–Trinajstić information content (AvgIpc) is 3.02. The van der Waals surface area contributed by atoms with Crippen molar-refractivity contribution in [3.05, 3.63) is 52.2 Å². The molecule has 0 saturated carbocycles. The minimum atomic E-state index is -0.565. The summed E-state index contributed by atoms with van der Waals surface area (Å²) >= 11 is 0. The molecule has 0 bridgehead atoms. The van der Waals surface area contributed by atoms with Crippen LogP contribution in [0.15, 0.2) is 36.5 Å². The molecule has 1 amide bonds. The Kier molecular flexibility index (Phi) is 5.89. The second kappa shape index (κ2) is 8.09. The average molecular weight is 332 g/mol. The first-order valence-electron chi connectivity index (χ1n) is 7.65. The van der Waals surface area contributed by atoms with Crippen molar-refractivity contribution in [1.29, 1.82) is 0 Å². The monoisotopic (exact) mass is 332 g/mol. The summed E-state index contributed by atoms with van der Waals surface area (Å²) in [6.45, 7) is 2.24. The number of amides is 1. The van der Waals surface area contributed by atoms with Gasteiger partial charge in [0.1, 0.15) is 6.20 Å². The first-order chi connectivity index (χ1) is 11.5. The van der Waals surface area contributed by atoms with Crippen LogP contribution < -0.4 is 10.1 Å². The molecule has 1 unspecified atom stereocenters. The van der Waals surface area contributed by atoms with Crippen LogP contribution >= 0.6 is 0 Å². The molecule has 8 nitrogen and oxygen atoms in total. The van der Waals surface area contributed by atoms with Crippen LogP contribution in [-0.2, 0) is 11.3 Å². The van der Waals surface area contributed by atoms with Crippen molar-refractivity contribution in [2.24, 2.45) is 0 Å². The molecule has 128 valence electrons. The summed E-state index contributed by atoms with van der Waals surface area (Å²) in [5.41, 5.74) is 0.832. The van der Waals surface area contributed by atoms with Gasteiger partial charge in [-0.2, -0.15) is 0 Å². The number of ether oxygens (including phenoxy) is 1. The van der Waals surface area contributed by atoms with Crippen LogP contribution in [0.3, 0.4) is 0 Å². The van der Waals surface area contributed by atoms with E-state index in [-0.39, 0.29) is 36.5 Å². The lowest BCUT2D eigenvalue weighted by Gasteiger charge is -2.17. The molecule has 24 heavy (non-hydrogen) atoms. The number of hydrogen-bond acceptors (Lipinski definition) is 5. The van der Waals surface area contributed by atoms with E-state index in [0.717, 1.165) is 12.0 Å². The highest BCUT2D eigenvalue weighted by molar-refractivity contribution is 5.76. The molecule has 0 aliphatic carbocycles. The lowest BCUT2D eigenvalue weighted by atomic mass is 10.0. The van der Waals surface area contributed by atoms with Gasteiger partial charge in [0, 0.05) is 6.42 Å². The lowest BCUT2D eigenvalue weighted by molar-refractivity contribution is -0.385. The number of methoxy groups -OCH3 is 1. The van der Waals surface area contributed by atoms with Gasteiger partial charge in [-0.25, -0.2) is 0 Å². The first-order valence-corrected chi connectivity index (χ1v) is 7.65. The van der Waals surface area contributed by atoms with Crippen molar-refractivity contribution in [1.82, 2.24) is 15.1 Å². The summed E-state index contributed by atoms with van der Waals surface area (Å²) in [6.07, 6.45) is 2.21. The Labute approximate surface area is 139 Å². The topological polar surface area (TPSA) is 99.3 Å². The molecular formula is C16H20N4O4. The Morgan fingerprint density at radius 3 is 2.67 bits per heavy atom. The normalized spacial score (nSPS) is 11.8. The van der Waals surface area contributed by atoms with Gasteiger partial charge >= 0.3 is 11.6 Å². The zero-order valence-electron chi connectivity index (χ0n) is 13.6. The molecule has 0 spiro atoms. The largest absolute Gasteiger partial charge is 0.475 e. The van der Waals surface area contributed by atoms with Crippen LogP contribution in [0.2, 0.25) is 0 Å². The molecule has 0 saturated heterocycles. The summed E-state index contributed by atoms with van der Waals surface area (Å²) in [5, 5.41) is 17.8. The van der Waals surface area contributed by atoms with Crippen molar-refractivity contribution < 1.29 is 14.5 Å². The van der Waals surface area contributed by atoms with Gasteiger partial charge in [-0.15, -0.1) is 5.10 Å². The second-order valence-corrected chi connectivity index (χ2v) is 5.23. The minimum absolute atomic E-state index is 0.0554. The second-order valence-electron chi connectivity index (χ2n) is 5.23. The summed E-state index contributed by atoms with van der Waals surface area (Å²) in [4.78, 5) is 22.4. The van der Waals surface area contributed by atoms with Crippen LogP contribution in [-0.4, -0.2) is 27.7 Å². The van der Waals surface area contributed by atoms with Crippen LogP contribution in [0.4, 0.5) is 5.69 Å². The highest BCUT2D eigenvalue weighted by Gasteiger charge is 2.20. The quantitative estimate of drug-likeness (QED) is 0.591. The summed E-state index contributed by atoms with van der Waals surface area (Å²) < 4.78 is 6.21. The Hall–Kier alpha value is -2.90. The molecule has 0 radical (unpaired) electrons. The van der Waals surface area contributed by atoms with Gasteiger partial charge in [-0.3, -0.25) is 19.6 Å². The molecule has 1 aromatic carbocycles. The van der Waals surface area contributed by atoms with E-state index in [4.69, 9.17) is 4.74 Å². The number of nitrogens with zero attached hydrogens (tertiary/aromatic N) is 3. The number of nitro groups is 1. The van der Waals surface area contributed by atoms with E-state index in [1.165, 1.54) is 18.0 Å². The third kappa shape index (κ3) is 4.31. The van der Waals surface area contributed by atoms with Gasteiger partial charge < -0.3 is 10.1 Å². The molecule has 1 heterocycles. The number of aryl methyl sites for hydroxylation is 1. The maximum atomic E-state index is 12.1. The van der Waals surface area contributed by atoms with E-state index >= 15 is 0 Å². The molecule has 1 atom stereocenters. The van der Waals surface area contributed by atoms with Gasteiger partial charge in [0.25, 0.3) is 0 Å². The van der Waals surface area contributed by atoms with E-state index < -0.39 is 4.92 Å². The highest BCUT2D eigenvalue weighted by atomic mass is 16.6. The summed E-state index contributed by atoms with van der Waals surface area (Å²) in [6, 6.07) is 9.67. The summed E-state index contributed by atoms with van der Waals surface area (Å²) in [7, 11) is 1.32. The van der Waals surface area contributed by atoms with Gasteiger partial charge in [-0.1, -0.05) is 37.3 Å². The first kappa shape index (κ1) is 17.5. The molecule has 8 heteroatoms. The number of carbonyl (C=O) groups excluding carboxylic acids is 1. The Morgan fingerprint density at radius 2 is 2.12 bits per heavy atom. The number of benzene rings is 1. The predicted molar refractivity (Wildman–Crippen MR) is 87.7 cm³/mol. The molecule has 2 rings (SSSR count). The fraction of sp³-hybridized carbons (Fsp3) is 0.375. The molecular weight excluding hydrogens is 312 g/mol. The number of rotatable bonds is 8. The van der Waals surface area contributed by atoms with Crippen LogP contribution in [0.25, 0.3) is 0 Å². The SMILES string of the molecule is CCC(NC(=O)CCn1cc([N+](=O)[O-])c(OC)n1)c1ccccc1. The van der Waals surface area contributed by atoms with Crippen molar-refractivity contribution >= 4 is 11.6 Å². The smallest absolute Gasteiger partial charge is 0.350 e. The van der Waals surface area contributed by atoms with E-state index in [1.54, 1.807) is 0 Å². The van der Waals surface area contributed by atoms with E-state index in [9.17, 15) is 14.9 Å². The Bertz CT molecular complexity index is 699. The number of aromatic nitrogens is 2. The predicted octanol–water partition coefficient (Wildman–Crippen LogP) is 2.46. The van der Waals surface area contributed by atoms with Crippen molar-refractivity contribution in [3.8, 4) is 5.88 Å². The van der Waals surface area contributed by atoms with Crippen LogP contribution in [0.1, 0.15) is 31.4 Å². The molecule has 2 aromatic rings. The molecule has 0 aliphatic heterocycles. The number of nitrogens with one attached hydrogen (secondary N) is 1. The van der Waals surface area contributed by atoms with E-state index in [0.29, 0.717) is 0 Å². The maximum absolute atomic E-state index is 12.1. The van der Waals surface area contributed by atoms with Gasteiger partial charge in [0.15, 0.2) is 0 Å². The molecule has 0 fully saturated rings. The lowest BCUT2D eigenvalue weighted by Crippen LogP contribution is -2.28. The molecule has 1 aromatic heterocycles. The zero-order valence-corrected chi connectivity index (χ0v) is 13.6. The molecule has 0 aliphatic rings.